The maximum atomic E-state index is 5.80. The second-order valence-electron chi connectivity index (χ2n) is 6.39. The van der Waals surface area contributed by atoms with Crippen LogP contribution < -0.4 is 11.5 Å². The fourth-order valence-corrected chi connectivity index (χ4v) is 5.41. The van der Waals surface area contributed by atoms with E-state index in [1.165, 1.54) is 41.1 Å². The van der Waals surface area contributed by atoms with Crippen molar-refractivity contribution in [2.45, 2.75) is 0 Å². The standard InChI is InChI=1S/C22H16N2S2/c23-17-5-1-13(2-6-17)19-10-15-9-16-11-20(14-3-7-18(24)8-4-14)26-22(16)12-21(15)25-19/h1-12H,23-24H2. The summed E-state index contributed by atoms with van der Waals surface area (Å²) in [4.78, 5) is 2.55. The van der Waals surface area contributed by atoms with Gasteiger partial charge in [0.1, 0.15) is 0 Å². The minimum Gasteiger partial charge on any atom is -0.399 e. The summed E-state index contributed by atoms with van der Waals surface area (Å²) in [6.45, 7) is 0. The highest BCUT2D eigenvalue weighted by atomic mass is 32.1. The Morgan fingerprint density at radius 3 is 1.35 bits per heavy atom. The molecule has 4 heteroatoms. The van der Waals surface area contributed by atoms with Crippen LogP contribution in [0.5, 0.6) is 0 Å². The fourth-order valence-electron chi connectivity index (χ4n) is 3.16. The Hall–Kier alpha value is -2.82. The van der Waals surface area contributed by atoms with E-state index in [2.05, 4.69) is 48.5 Å². The van der Waals surface area contributed by atoms with Gasteiger partial charge in [0, 0.05) is 30.5 Å². The van der Waals surface area contributed by atoms with Crippen LogP contribution in [0.1, 0.15) is 0 Å². The first-order chi connectivity index (χ1) is 12.7. The van der Waals surface area contributed by atoms with Crippen molar-refractivity contribution in [3.05, 3.63) is 72.8 Å². The van der Waals surface area contributed by atoms with E-state index in [0.717, 1.165) is 11.4 Å². The van der Waals surface area contributed by atoms with E-state index in [-0.39, 0.29) is 0 Å². The molecule has 0 aliphatic carbocycles. The van der Waals surface area contributed by atoms with Crippen LogP contribution in [0.25, 0.3) is 41.1 Å². The van der Waals surface area contributed by atoms with Gasteiger partial charge in [0.15, 0.2) is 0 Å². The summed E-state index contributed by atoms with van der Waals surface area (Å²) >= 11 is 3.65. The van der Waals surface area contributed by atoms with Crippen molar-refractivity contribution in [1.82, 2.24) is 0 Å². The summed E-state index contributed by atoms with van der Waals surface area (Å²) in [5.74, 6) is 0. The Morgan fingerprint density at radius 2 is 0.923 bits per heavy atom. The molecule has 0 aliphatic rings. The van der Waals surface area contributed by atoms with Crippen molar-refractivity contribution < 1.29 is 0 Å². The van der Waals surface area contributed by atoms with Gasteiger partial charge in [0.2, 0.25) is 0 Å². The van der Waals surface area contributed by atoms with Crippen molar-refractivity contribution in [2.75, 3.05) is 11.5 Å². The lowest BCUT2D eigenvalue weighted by Crippen LogP contribution is -1.82. The Morgan fingerprint density at radius 1 is 0.500 bits per heavy atom. The Kier molecular flexibility index (Phi) is 3.48. The summed E-state index contributed by atoms with van der Waals surface area (Å²) in [5.41, 5.74) is 15.6. The Bertz CT molecular complexity index is 1080. The van der Waals surface area contributed by atoms with Gasteiger partial charge in [0.25, 0.3) is 0 Å². The Labute approximate surface area is 159 Å². The van der Waals surface area contributed by atoms with Gasteiger partial charge >= 0.3 is 0 Å². The van der Waals surface area contributed by atoms with Gasteiger partial charge in [-0.2, -0.15) is 0 Å². The Balaban J connectivity index is 1.60. The molecule has 5 aromatic rings. The predicted molar refractivity (Wildman–Crippen MR) is 117 cm³/mol. The summed E-state index contributed by atoms with van der Waals surface area (Å²) in [7, 11) is 0. The van der Waals surface area contributed by atoms with E-state index in [1.54, 1.807) is 0 Å². The van der Waals surface area contributed by atoms with Gasteiger partial charge < -0.3 is 11.5 Å². The van der Waals surface area contributed by atoms with E-state index in [0.29, 0.717) is 0 Å². The summed E-state index contributed by atoms with van der Waals surface area (Å²) in [5, 5.41) is 2.58. The number of rotatable bonds is 2. The zero-order chi connectivity index (χ0) is 17.7. The number of benzene rings is 3. The third kappa shape index (κ3) is 2.64. The average Bonchev–Trinajstić information content (AvgIpc) is 3.23. The minimum absolute atomic E-state index is 0.797. The molecule has 0 unspecified atom stereocenters. The number of nitrogen functional groups attached to an aromatic ring is 2. The third-order valence-corrected chi connectivity index (χ3v) is 6.84. The molecule has 26 heavy (non-hydrogen) atoms. The van der Waals surface area contributed by atoms with Crippen LogP contribution in [0.3, 0.4) is 0 Å². The largest absolute Gasteiger partial charge is 0.399 e. The van der Waals surface area contributed by atoms with Gasteiger partial charge in [-0.3, -0.25) is 0 Å². The molecule has 0 saturated heterocycles. The van der Waals surface area contributed by atoms with Crippen molar-refractivity contribution >= 4 is 54.2 Å². The molecule has 0 aliphatic heterocycles. The molecule has 2 heterocycles. The van der Waals surface area contributed by atoms with E-state index >= 15 is 0 Å². The first kappa shape index (κ1) is 15.4. The zero-order valence-electron chi connectivity index (χ0n) is 13.9. The highest BCUT2D eigenvalue weighted by Gasteiger charge is 2.09. The van der Waals surface area contributed by atoms with E-state index in [1.807, 2.05) is 46.9 Å². The van der Waals surface area contributed by atoms with Crippen LogP contribution >= 0.6 is 22.7 Å². The van der Waals surface area contributed by atoms with E-state index < -0.39 is 0 Å². The fraction of sp³-hybridized carbons (Fsp3) is 0. The number of hydrogen-bond donors (Lipinski definition) is 2. The lowest BCUT2D eigenvalue weighted by Gasteiger charge is -1.97. The first-order valence-electron chi connectivity index (χ1n) is 8.35. The second-order valence-corrected chi connectivity index (χ2v) is 8.56. The van der Waals surface area contributed by atoms with Crippen LogP contribution in [0.15, 0.2) is 72.8 Å². The average molecular weight is 373 g/mol. The lowest BCUT2D eigenvalue weighted by molar-refractivity contribution is 1.68. The summed E-state index contributed by atoms with van der Waals surface area (Å²) in [6, 6.07) is 25.3. The van der Waals surface area contributed by atoms with Crippen molar-refractivity contribution in [1.29, 1.82) is 0 Å². The molecule has 0 saturated carbocycles. The maximum absolute atomic E-state index is 5.80. The number of hydrogen-bond acceptors (Lipinski definition) is 4. The molecular formula is C22H16N2S2. The van der Waals surface area contributed by atoms with Crippen LogP contribution in [-0.4, -0.2) is 0 Å². The smallest absolute Gasteiger partial charge is 0.0363 e. The molecule has 0 amide bonds. The van der Waals surface area contributed by atoms with Crippen LogP contribution in [0.4, 0.5) is 11.4 Å². The normalized spacial score (nSPS) is 11.4. The summed E-state index contributed by atoms with van der Waals surface area (Å²) < 4.78 is 2.63. The van der Waals surface area contributed by atoms with Crippen molar-refractivity contribution in [3.63, 3.8) is 0 Å². The molecule has 3 aromatic carbocycles. The lowest BCUT2D eigenvalue weighted by atomic mass is 10.1. The molecule has 0 bridgehead atoms. The van der Waals surface area contributed by atoms with Crippen LogP contribution in [0.2, 0.25) is 0 Å². The zero-order valence-corrected chi connectivity index (χ0v) is 15.5. The molecular weight excluding hydrogens is 356 g/mol. The molecule has 126 valence electrons. The number of anilines is 2. The molecule has 0 fully saturated rings. The highest BCUT2D eigenvalue weighted by molar-refractivity contribution is 7.24. The van der Waals surface area contributed by atoms with Crippen LogP contribution in [-0.2, 0) is 0 Å². The molecule has 4 N–H and O–H groups in total. The van der Waals surface area contributed by atoms with E-state index in [4.69, 9.17) is 11.5 Å². The number of thiophene rings is 2. The minimum atomic E-state index is 0.797. The summed E-state index contributed by atoms with van der Waals surface area (Å²) in [6.07, 6.45) is 0. The monoisotopic (exact) mass is 372 g/mol. The molecule has 2 nitrogen and oxygen atoms in total. The quantitative estimate of drug-likeness (QED) is 0.342. The number of nitrogens with two attached hydrogens (primary N) is 2. The van der Waals surface area contributed by atoms with Crippen molar-refractivity contribution in [3.8, 4) is 20.9 Å². The van der Waals surface area contributed by atoms with Gasteiger partial charge in [-0.15, -0.1) is 22.7 Å². The molecule has 0 atom stereocenters. The molecule has 0 radical (unpaired) electrons. The maximum Gasteiger partial charge on any atom is 0.0363 e. The third-order valence-electron chi connectivity index (χ3n) is 4.55. The van der Waals surface area contributed by atoms with E-state index in [9.17, 15) is 0 Å². The second kappa shape index (κ2) is 5.87. The van der Waals surface area contributed by atoms with Gasteiger partial charge in [-0.05, 0) is 70.4 Å². The first-order valence-corrected chi connectivity index (χ1v) is 9.98. The highest BCUT2D eigenvalue weighted by Crippen LogP contribution is 2.40. The van der Waals surface area contributed by atoms with Gasteiger partial charge in [-0.1, -0.05) is 24.3 Å². The van der Waals surface area contributed by atoms with Gasteiger partial charge in [0.05, 0.1) is 0 Å². The molecule has 2 aromatic heterocycles. The topological polar surface area (TPSA) is 52.0 Å². The predicted octanol–water partition coefficient (Wildman–Crippen LogP) is 6.61. The van der Waals surface area contributed by atoms with Gasteiger partial charge in [-0.25, -0.2) is 0 Å². The number of fused-ring (bicyclic) bond motifs is 2. The SMILES string of the molecule is Nc1ccc(-c2cc3cc4cc(-c5ccc(N)cc5)sc4cc3s2)cc1. The van der Waals surface area contributed by atoms with Crippen LogP contribution in [0, 0.1) is 0 Å². The van der Waals surface area contributed by atoms with Crippen molar-refractivity contribution in [2.24, 2.45) is 0 Å². The molecule has 0 spiro atoms. The molecule has 5 rings (SSSR count).